The summed E-state index contributed by atoms with van der Waals surface area (Å²) in [6.45, 7) is 3.80. The molecule has 0 saturated carbocycles. The second kappa shape index (κ2) is 56.7. The van der Waals surface area contributed by atoms with E-state index in [0.717, 1.165) is 44.9 Å². The Morgan fingerprint density at radius 2 is 0.750 bits per heavy atom. The van der Waals surface area contributed by atoms with E-state index in [4.69, 9.17) is 9.47 Å². The number of hydrogen-bond acceptors (Lipinski definition) is 8. The minimum absolute atomic E-state index is 0.184. The smallest absolute Gasteiger partial charge is 0.220 e. The molecule has 0 aromatic carbocycles. The second-order valence-electron chi connectivity index (χ2n) is 23.3. The summed E-state index contributed by atoms with van der Waals surface area (Å²) < 4.78 is 11.3. The lowest BCUT2D eigenvalue weighted by Gasteiger charge is -2.40. The largest absolute Gasteiger partial charge is 0.394 e. The molecule has 0 bridgehead atoms. The molecule has 6 N–H and O–H groups in total. The first-order chi connectivity index (χ1) is 37.3. The van der Waals surface area contributed by atoms with Gasteiger partial charge in [0, 0.05) is 6.42 Å². The number of carbonyl (C=O) groups is 1. The van der Waals surface area contributed by atoms with Crippen LogP contribution in [0.4, 0.5) is 0 Å². The van der Waals surface area contributed by atoms with Crippen LogP contribution in [0, 0.1) is 0 Å². The highest BCUT2D eigenvalue weighted by Gasteiger charge is 2.44. The standard InChI is InChI=1S/C67H127NO8/c1-3-5-7-9-11-13-15-17-19-21-23-25-27-28-29-30-31-32-33-34-35-37-39-41-43-45-47-49-51-53-55-57-63(71)68-60(59-75-67-66(74)65(73)64(72)62(58-69)76-67)61(70)56-54-52-50-48-46-44-42-40-38-36-26-24-22-20-18-16-14-12-10-8-6-4-2/h38,40,46,48,54,56,60-62,64-67,69-70,72-74H,3-37,39,41-45,47,49-53,55,57-59H2,1-2H3,(H,68,71)/b40-38+,48-46+,56-54+. The molecule has 1 rings (SSSR count). The predicted octanol–water partition coefficient (Wildman–Crippen LogP) is 17.5. The Morgan fingerprint density at radius 1 is 0.434 bits per heavy atom. The third-order valence-electron chi connectivity index (χ3n) is 15.9. The van der Waals surface area contributed by atoms with Gasteiger partial charge in [-0.2, -0.15) is 0 Å². The van der Waals surface area contributed by atoms with Gasteiger partial charge in [0.15, 0.2) is 6.29 Å². The quantitative estimate of drug-likeness (QED) is 0.0261. The van der Waals surface area contributed by atoms with Crippen LogP contribution >= 0.6 is 0 Å². The number of ether oxygens (including phenoxy) is 2. The summed E-state index contributed by atoms with van der Waals surface area (Å²) in [7, 11) is 0. The van der Waals surface area contributed by atoms with E-state index >= 15 is 0 Å². The average Bonchev–Trinajstić information content (AvgIpc) is 3.42. The molecular weight excluding hydrogens is 947 g/mol. The number of carbonyl (C=O) groups excluding carboxylic acids is 1. The van der Waals surface area contributed by atoms with Crippen LogP contribution in [0.15, 0.2) is 36.5 Å². The van der Waals surface area contributed by atoms with Gasteiger partial charge in [0.05, 0.1) is 25.4 Å². The van der Waals surface area contributed by atoms with Gasteiger partial charge < -0.3 is 40.3 Å². The summed E-state index contributed by atoms with van der Waals surface area (Å²) in [5.74, 6) is -0.184. The molecule has 7 unspecified atom stereocenters. The average molecular weight is 1070 g/mol. The van der Waals surface area contributed by atoms with Crippen LogP contribution in [-0.2, 0) is 14.3 Å². The molecule has 448 valence electrons. The third-order valence-corrected chi connectivity index (χ3v) is 15.9. The van der Waals surface area contributed by atoms with Crippen molar-refractivity contribution in [1.82, 2.24) is 5.32 Å². The summed E-state index contributed by atoms with van der Waals surface area (Å²) in [4.78, 5) is 13.1. The lowest BCUT2D eigenvalue weighted by molar-refractivity contribution is -0.302. The van der Waals surface area contributed by atoms with E-state index in [1.807, 2.05) is 6.08 Å². The molecule has 1 aliphatic rings. The molecule has 0 spiro atoms. The Balaban J connectivity index is 2.15. The monoisotopic (exact) mass is 1070 g/mol. The van der Waals surface area contributed by atoms with Gasteiger partial charge in [0.2, 0.25) is 5.91 Å². The van der Waals surface area contributed by atoms with E-state index in [1.165, 1.54) is 263 Å². The number of unbranched alkanes of at least 4 members (excludes halogenated alkanes) is 44. The van der Waals surface area contributed by atoms with Gasteiger partial charge in [0.1, 0.15) is 24.4 Å². The number of allylic oxidation sites excluding steroid dienone is 5. The molecule has 0 aromatic heterocycles. The highest BCUT2D eigenvalue weighted by atomic mass is 16.7. The normalized spacial score (nSPS) is 19.0. The topological polar surface area (TPSA) is 149 Å². The Morgan fingerprint density at radius 3 is 1.11 bits per heavy atom. The number of hydrogen-bond donors (Lipinski definition) is 6. The fourth-order valence-corrected chi connectivity index (χ4v) is 10.7. The van der Waals surface area contributed by atoms with Crippen molar-refractivity contribution in [2.75, 3.05) is 13.2 Å². The van der Waals surface area contributed by atoms with E-state index in [0.29, 0.717) is 6.42 Å². The van der Waals surface area contributed by atoms with Gasteiger partial charge in [-0.3, -0.25) is 4.79 Å². The van der Waals surface area contributed by atoms with Crippen molar-refractivity contribution >= 4 is 5.91 Å². The van der Waals surface area contributed by atoms with Crippen molar-refractivity contribution in [3.8, 4) is 0 Å². The Hall–Kier alpha value is -1.59. The minimum Gasteiger partial charge on any atom is -0.394 e. The maximum absolute atomic E-state index is 13.1. The van der Waals surface area contributed by atoms with Crippen molar-refractivity contribution in [2.45, 2.75) is 371 Å². The second-order valence-corrected chi connectivity index (χ2v) is 23.3. The maximum atomic E-state index is 13.1. The first kappa shape index (κ1) is 72.4. The summed E-state index contributed by atoms with van der Waals surface area (Å²) in [6, 6.07) is -0.827. The van der Waals surface area contributed by atoms with Crippen molar-refractivity contribution in [3.63, 3.8) is 0 Å². The zero-order chi connectivity index (χ0) is 55.0. The first-order valence-corrected chi connectivity index (χ1v) is 33.2. The molecule has 9 heteroatoms. The summed E-state index contributed by atoms with van der Waals surface area (Å²) >= 11 is 0. The third kappa shape index (κ3) is 45.2. The van der Waals surface area contributed by atoms with Crippen molar-refractivity contribution in [1.29, 1.82) is 0 Å². The fraction of sp³-hybridized carbons (Fsp3) is 0.896. The molecule has 1 amide bonds. The Kier molecular flexibility index (Phi) is 54.0. The number of aliphatic hydroxyl groups is 5. The van der Waals surface area contributed by atoms with Gasteiger partial charge in [-0.15, -0.1) is 0 Å². The van der Waals surface area contributed by atoms with E-state index in [-0.39, 0.29) is 12.5 Å². The van der Waals surface area contributed by atoms with Crippen LogP contribution in [0.25, 0.3) is 0 Å². The van der Waals surface area contributed by atoms with E-state index in [2.05, 4.69) is 43.5 Å². The van der Waals surface area contributed by atoms with Gasteiger partial charge in [-0.05, 0) is 44.9 Å². The van der Waals surface area contributed by atoms with Crippen LogP contribution in [0.5, 0.6) is 0 Å². The molecule has 9 nitrogen and oxygen atoms in total. The maximum Gasteiger partial charge on any atom is 0.220 e. The van der Waals surface area contributed by atoms with Gasteiger partial charge in [-0.25, -0.2) is 0 Å². The SMILES string of the molecule is CCCCCCCCCCCCCC/C=C/CC/C=C/CC/C=C/C(O)C(COC1OC(CO)C(O)C(O)C1O)NC(=O)CCCCCCCCCCCCCCCCCCCCCCCCCCCCCCCCC. The van der Waals surface area contributed by atoms with Gasteiger partial charge in [0.25, 0.3) is 0 Å². The van der Waals surface area contributed by atoms with Crippen molar-refractivity contribution in [3.05, 3.63) is 36.5 Å². The van der Waals surface area contributed by atoms with Gasteiger partial charge in [-0.1, -0.05) is 314 Å². The highest BCUT2D eigenvalue weighted by molar-refractivity contribution is 5.76. The van der Waals surface area contributed by atoms with Crippen LogP contribution in [-0.4, -0.2) is 87.5 Å². The fourth-order valence-electron chi connectivity index (χ4n) is 10.7. The molecule has 7 atom stereocenters. The lowest BCUT2D eigenvalue weighted by atomic mass is 9.99. The van der Waals surface area contributed by atoms with Crippen LogP contribution in [0.3, 0.4) is 0 Å². The van der Waals surface area contributed by atoms with E-state index in [1.54, 1.807) is 6.08 Å². The summed E-state index contributed by atoms with van der Waals surface area (Å²) in [6.07, 6.45) is 68.2. The van der Waals surface area contributed by atoms with Crippen LogP contribution in [0.1, 0.15) is 328 Å². The molecular formula is C67H127NO8. The van der Waals surface area contributed by atoms with Crippen molar-refractivity contribution in [2.24, 2.45) is 0 Å². The minimum atomic E-state index is -1.57. The highest BCUT2D eigenvalue weighted by Crippen LogP contribution is 2.23. The summed E-state index contributed by atoms with van der Waals surface area (Å²) in [5, 5.41) is 54.6. The summed E-state index contributed by atoms with van der Waals surface area (Å²) in [5.41, 5.74) is 0. The van der Waals surface area contributed by atoms with E-state index < -0.39 is 49.5 Å². The number of amides is 1. The van der Waals surface area contributed by atoms with Crippen LogP contribution < -0.4 is 5.32 Å². The molecule has 0 aliphatic carbocycles. The Bertz CT molecular complexity index is 1290. The molecule has 1 heterocycles. The Labute approximate surface area is 470 Å². The van der Waals surface area contributed by atoms with Crippen LogP contribution in [0.2, 0.25) is 0 Å². The van der Waals surface area contributed by atoms with Gasteiger partial charge >= 0.3 is 0 Å². The van der Waals surface area contributed by atoms with E-state index in [9.17, 15) is 30.3 Å². The predicted molar refractivity (Wildman–Crippen MR) is 323 cm³/mol. The number of nitrogens with one attached hydrogen (secondary N) is 1. The molecule has 0 aromatic rings. The zero-order valence-corrected chi connectivity index (χ0v) is 50.0. The molecule has 0 radical (unpaired) electrons. The number of aliphatic hydroxyl groups excluding tert-OH is 5. The zero-order valence-electron chi connectivity index (χ0n) is 50.0. The first-order valence-electron chi connectivity index (χ1n) is 33.2. The number of rotatable bonds is 58. The lowest BCUT2D eigenvalue weighted by Crippen LogP contribution is -2.60. The molecule has 1 fully saturated rings. The molecule has 1 aliphatic heterocycles. The van der Waals surface area contributed by atoms with Crippen molar-refractivity contribution < 1.29 is 39.8 Å². The molecule has 76 heavy (non-hydrogen) atoms. The molecule has 1 saturated heterocycles.